The topological polar surface area (TPSA) is 0 Å². The van der Waals surface area contributed by atoms with Crippen molar-refractivity contribution in [2.75, 3.05) is 0 Å². The molecule has 0 spiro atoms. The second-order valence-electron chi connectivity index (χ2n) is 8.30. The molecule has 5 rings (SSSR count). The minimum Gasteiger partial charge on any atom is -0.0648 e. The van der Waals surface area contributed by atoms with Gasteiger partial charge in [-0.2, -0.15) is 0 Å². The predicted molar refractivity (Wildman–Crippen MR) is 119 cm³/mol. The largest absolute Gasteiger partial charge is 0.0648 e. The molecule has 0 saturated heterocycles. The summed E-state index contributed by atoms with van der Waals surface area (Å²) in [5.41, 5.74) is 8.90. The third-order valence-electron chi connectivity index (χ3n) is 6.42. The van der Waals surface area contributed by atoms with Crippen molar-refractivity contribution in [1.82, 2.24) is 0 Å². The standard InChI is InChI=1S/C27H26/c1-5-17(4)24-20-13-7-6-12-19(20)23(16(2)3)26-21-14-8-10-18-11-9-15-22(25(18)21)27(24)26/h6-17H,5H2,1-4H3. The Hall–Kier alpha value is -2.60. The van der Waals surface area contributed by atoms with Crippen molar-refractivity contribution in [3.05, 3.63) is 71.8 Å². The average molecular weight is 351 g/mol. The van der Waals surface area contributed by atoms with Gasteiger partial charge < -0.3 is 0 Å². The van der Waals surface area contributed by atoms with E-state index < -0.39 is 0 Å². The molecule has 0 radical (unpaired) electrons. The van der Waals surface area contributed by atoms with Crippen LogP contribution in [0.4, 0.5) is 0 Å². The zero-order valence-corrected chi connectivity index (χ0v) is 16.6. The highest BCUT2D eigenvalue weighted by Crippen LogP contribution is 2.55. The molecule has 0 bridgehead atoms. The summed E-state index contributed by atoms with van der Waals surface area (Å²) < 4.78 is 0. The molecule has 0 nitrogen and oxygen atoms in total. The Morgan fingerprint density at radius 3 is 1.78 bits per heavy atom. The van der Waals surface area contributed by atoms with Crippen LogP contribution < -0.4 is 0 Å². The highest BCUT2D eigenvalue weighted by Gasteiger charge is 2.30. The summed E-state index contributed by atoms with van der Waals surface area (Å²) in [6.07, 6.45) is 1.16. The molecule has 0 heterocycles. The molecule has 1 atom stereocenters. The molecule has 0 N–H and O–H groups in total. The number of hydrogen-bond acceptors (Lipinski definition) is 0. The first-order valence-electron chi connectivity index (χ1n) is 10.2. The third-order valence-corrected chi connectivity index (χ3v) is 6.42. The summed E-state index contributed by atoms with van der Waals surface area (Å²) in [5, 5.41) is 5.68. The van der Waals surface area contributed by atoms with E-state index in [-0.39, 0.29) is 0 Å². The van der Waals surface area contributed by atoms with Crippen molar-refractivity contribution in [2.45, 2.75) is 46.0 Å². The number of rotatable bonds is 3. The van der Waals surface area contributed by atoms with E-state index in [1.165, 1.54) is 54.9 Å². The lowest BCUT2D eigenvalue weighted by Gasteiger charge is -2.24. The molecule has 1 unspecified atom stereocenters. The van der Waals surface area contributed by atoms with E-state index in [2.05, 4.69) is 88.4 Å². The Balaban J connectivity index is 2.08. The van der Waals surface area contributed by atoms with Crippen LogP contribution in [-0.2, 0) is 0 Å². The lowest BCUT2D eigenvalue weighted by atomic mass is 9.79. The van der Waals surface area contributed by atoms with Gasteiger partial charge in [-0.05, 0) is 73.2 Å². The molecule has 0 fully saturated rings. The molecule has 0 saturated carbocycles. The van der Waals surface area contributed by atoms with Gasteiger partial charge in [0, 0.05) is 0 Å². The van der Waals surface area contributed by atoms with Crippen LogP contribution in [0.5, 0.6) is 0 Å². The second-order valence-corrected chi connectivity index (χ2v) is 8.30. The van der Waals surface area contributed by atoms with Gasteiger partial charge in [-0.15, -0.1) is 0 Å². The van der Waals surface area contributed by atoms with Crippen LogP contribution >= 0.6 is 0 Å². The van der Waals surface area contributed by atoms with Crippen LogP contribution in [0.15, 0.2) is 60.7 Å². The first-order valence-corrected chi connectivity index (χ1v) is 10.2. The molecule has 27 heavy (non-hydrogen) atoms. The normalized spacial score (nSPS) is 13.5. The van der Waals surface area contributed by atoms with Crippen LogP contribution in [0.2, 0.25) is 0 Å². The Labute approximate surface area is 161 Å². The van der Waals surface area contributed by atoms with Gasteiger partial charge in [-0.25, -0.2) is 0 Å². The molecular formula is C27H26. The Morgan fingerprint density at radius 1 is 0.667 bits per heavy atom. The summed E-state index contributed by atoms with van der Waals surface area (Å²) in [4.78, 5) is 0. The zero-order chi connectivity index (χ0) is 18.7. The smallest absolute Gasteiger partial charge is 0.00262 e. The van der Waals surface area contributed by atoms with Gasteiger partial charge in [-0.3, -0.25) is 0 Å². The van der Waals surface area contributed by atoms with Gasteiger partial charge in [-0.1, -0.05) is 88.4 Å². The molecule has 0 aromatic heterocycles. The Kier molecular flexibility index (Phi) is 3.65. The van der Waals surface area contributed by atoms with Gasteiger partial charge in [0.05, 0.1) is 0 Å². The Morgan fingerprint density at radius 2 is 1.22 bits per heavy atom. The van der Waals surface area contributed by atoms with E-state index >= 15 is 0 Å². The van der Waals surface area contributed by atoms with Crippen LogP contribution in [-0.4, -0.2) is 0 Å². The van der Waals surface area contributed by atoms with Crippen LogP contribution in [0.3, 0.4) is 0 Å². The summed E-state index contributed by atoms with van der Waals surface area (Å²) in [6, 6.07) is 22.7. The maximum atomic E-state index is 2.39. The molecule has 4 aromatic carbocycles. The first-order chi connectivity index (χ1) is 13.1. The van der Waals surface area contributed by atoms with Gasteiger partial charge in [0.2, 0.25) is 0 Å². The molecule has 0 aliphatic heterocycles. The highest BCUT2D eigenvalue weighted by atomic mass is 14.3. The SMILES string of the molecule is CCC(C)c1c2c(c(C(C)C)c3ccccc13)-c1cccc3cccc-2c13. The minimum atomic E-state index is 0.485. The van der Waals surface area contributed by atoms with Crippen molar-refractivity contribution in [1.29, 1.82) is 0 Å². The minimum absolute atomic E-state index is 0.485. The van der Waals surface area contributed by atoms with E-state index in [0.717, 1.165) is 6.42 Å². The number of benzene rings is 4. The van der Waals surface area contributed by atoms with Crippen molar-refractivity contribution in [3.8, 4) is 22.3 Å². The summed E-state index contributed by atoms with van der Waals surface area (Å²) in [5.74, 6) is 1.02. The van der Waals surface area contributed by atoms with Crippen LogP contribution in [0.25, 0.3) is 43.8 Å². The third kappa shape index (κ3) is 2.16. The van der Waals surface area contributed by atoms with Gasteiger partial charge in [0.25, 0.3) is 0 Å². The zero-order valence-electron chi connectivity index (χ0n) is 16.6. The van der Waals surface area contributed by atoms with Gasteiger partial charge in [0.15, 0.2) is 0 Å². The highest BCUT2D eigenvalue weighted by molar-refractivity contribution is 6.20. The Bertz CT molecular complexity index is 1190. The maximum absolute atomic E-state index is 2.39. The van der Waals surface area contributed by atoms with Crippen molar-refractivity contribution in [2.24, 2.45) is 0 Å². The summed E-state index contributed by atoms with van der Waals surface area (Å²) in [6.45, 7) is 9.38. The fourth-order valence-electron chi connectivity index (χ4n) is 5.12. The average Bonchev–Trinajstić information content (AvgIpc) is 3.01. The van der Waals surface area contributed by atoms with Crippen LogP contribution in [0.1, 0.15) is 57.1 Å². The second kappa shape index (κ2) is 5.96. The number of hydrogen-bond donors (Lipinski definition) is 0. The fraction of sp³-hybridized carbons (Fsp3) is 0.259. The lowest BCUT2D eigenvalue weighted by molar-refractivity contribution is 0.741. The van der Waals surface area contributed by atoms with E-state index in [1.807, 2.05) is 0 Å². The summed E-state index contributed by atoms with van der Waals surface area (Å²) in [7, 11) is 0. The van der Waals surface area contributed by atoms with E-state index in [0.29, 0.717) is 11.8 Å². The maximum Gasteiger partial charge on any atom is -0.00262 e. The van der Waals surface area contributed by atoms with Crippen molar-refractivity contribution in [3.63, 3.8) is 0 Å². The molecule has 1 aliphatic rings. The predicted octanol–water partition coefficient (Wildman–Crippen LogP) is 8.28. The van der Waals surface area contributed by atoms with E-state index in [4.69, 9.17) is 0 Å². The van der Waals surface area contributed by atoms with Crippen LogP contribution in [0, 0.1) is 0 Å². The lowest BCUT2D eigenvalue weighted by Crippen LogP contribution is -2.02. The summed E-state index contributed by atoms with van der Waals surface area (Å²) >= 11 is 0. The molecule has 0 heteroatoms. The quantitative estimate of drug-likeness (QED) is 0.307. The molecule has 0 amide bonds. The van der Waals surface area contributed by atoms with Crippen molar-refractivity contribution >= 4 is 21.5 Å². The molecule has 134 valence electrons. The first kappa shape index (κ1) is 16.6. The molecular weight excluding hydrogens is 324 g/mol. The van der Waals surface area contributed by atoms with Gasteiger partial charge in [0.1, 0.15) is 0 Å². The van der Waals surface area contributed by atoms with Crippen molar-refractivity contribution < 1.29 is 0 Å². The molecule has 1 aliphatic carbocycles. The molecule has 4 aromatic rings. The fourth-order valence-corrected chi connectivity index (χ4v) is 5.12. The van der Waals surface area contributed by atoms with E-state index in [9.17, 15) is 0 Å². The van der Waals surface area contributed by atoms with E-state index in [1.54, 1.807) is 0 Å². The van der Waals surface area contributed by atoms with Gasteiger partial charge >= 0.3 is 0 Å². The number of fused-ring (bicyclic) bond motifs is 4. The monoisotopic (exact) mass is 350 g/mol.